The second-order valence-corrected chi connectivity index (χ2v) is 5.09. The Morgan fingerprint density at radius 3 is 2.54 bits per heavy atom. The summed E-state index contributed by atoms with van der Waals surface area (Å²) in [6, 6.07) is 20.5. The van der Waals surface area contributed by atoms with Crippen molar-refractivity contribution in [2.75, 3.05) is 6.61 Å². The molecule has 0 atom stereocenters. The standard InChI is InChI=1S/C20H17NO3/c1-2-23-20(22)16-9-6-10-17(13-16)24-18-11-12-21-19(14-18)15-7-4-3-5-8-15/h3-14H,2H2,1H3. The lowest BCUT2D eigenvalue weighted by atomic mass is 10.1. The van der Waals surface area contributed by atoms with Crippen LogP contribution in [0.5, 0.6) is 11.5 Å². The molecule has 0 radical (unpaired) electrons. The van der Waals surface area contributed by atoms with Gasteiger partial charge in [0.15, 0.2) is 0 Å². The smallest absolute Gasteiger partial charge is 0.338 e. The third-order valence-electron chi connectivity index (χ3n) is 3.38. The monoisotopic (exact) mass is 319 g/mol. The van der Waals surface area contributed by atoms with Gasteiger partial charge in [-0.1, -0.05) is 36.4 Å². The van der Waals surface area contributed by atoms with Gasteiger partial charge in [0, 0.05) is 17.8 Å². The van der Waals surface area contributed by atoms with E-state index in [0.29, 0.717) is 23.7 Å². The molecule has 4 heteroatoms. The van der Waals surface area contributed by atoms with Gasteiger partial charge in [0.25, 0.3) is 0 Å². The van der Waals surface area contributed by atoms with E-state index in [-0.39, 0.29) is 5.97 Å². The topological polar surface area (TPSA) is 48.4 Å². The molecule has 2 aromatic carbocycles. The molecule has 1 aromatic heterocycles. The molecule has 0 aliphatic carbocycles. The number of ether oxygens (including phenoxy) is 2. The summed E-state index contributed by atoms with van der Waals surface area (Å²) >= 11 is 0. The molecule has 0 amide bonds. The van der Waals surface area contributed by atoms with Crippen LogP contribution < -0.4 is 4.74 Å². The molecule has 0 bridgehead atoms. The van der Waals surface area contributed by atoms with Crippen LogP contribution in [0.1, 0.15) is 17.3 Å². The van der Waals surface area contributed by atoms with Gasteiger partial charge in [-0.2, -0.15) is 0 Å². The molecule has 120 valence electrons. The minimum atomic E-state index is -0.359. The third kappa shape index (κ3) is 3.79. The predicted molar refractivity (Wildman–Crippen MR) is 92.1 cm³/mol. The molecule has 0 fully saturated rings. The van der Waals surface area contributed by atoms with Crippen LogP contribution in [0.4, 0.5) is 0 Å². The minimum Gasteiger partial charge on any atom is -0.462 e. The van der Waals surface area contributed by atoms with Crippen molar-refractivity contribution in [3.05, 3.63) is 78.5 Å². The number of hydrogen-bond acceptors (Lipinski definition) is 4. The summed E-state index contributed by atoms with van der Waals surface area (Å²) in [5.74, 6) is 0.873. The van der Waals surface area contributed by atoms with Crippen LogP contribution >= 0.6 is 0 Å². The van der Waals surface area contributed by atoms with E-state index in [9.17, 15) is 4.79 Å². The van der Waals surface area contributed by atoms with Gasteiger partial charge in [0.1, 0.15) is 11.5 Å². The Morgan fingerprint density at radius 1 is 0.958 bits per heavy atom. The molecule has 24 heavy (non-hydrogen) atoms. The lowest BCUT2D eigenvalue weighted by Crippen LogP contribution is -2.04. The Morgan fingerprint density at radius 2 is 1.75 bits per heavy atom. The highest BCUT2D eigenvalue weighted by Crippen LogP contribution is 2.26. The Hall–Kier alpha value is -3.14. The minimum absolute atomic E-state index is 0.342. The van der Waals surface area contributed by atoms with Crippen molar-refractivity contribution in [2.24, 2.45) is 0 Å². The first-order valence-electron chi connectivity index (χ1n) is 7.73. The first kappa shape index (κ1) is 15.7. The van der Waals surface area contributed by atoms with E-state index in [2.05, 4.69) is 4.98 Å². The molecule has 3 aromatic rings. The molecule has 0 spiro atoms. The highest BCUT2D eigenvalue weighted by Gasteiger charge is 2.08. The van der Waals surface area contributed by atoms with E-state index in [1.165, 1.54) is 0 Å². The fourth-order valence-corrected chi connectivity index (χ4v) is 2.28. The van der Waals surface area contributed by atoms with Crippen molar-refractivity contribution in [3.8, 4) is 22.8 Å². The van der Waals surface area contributed by atoms with E-state index >= 15 is 0 Å². The number of aromatic nitrogens is 1. The number of benzene rings is 2. The van der Waals surface area contributed by atoms with Crippen molar-refractivity contribution in [3.63, 3.8) is 0 Å². The average Bonchev–Trinajstić information content (AvgIpc) is 2.63. The van der Waals surface area contributed by atoms with Crippen LogP contribution in [0, 0.1) is 0 Å². The molecule has 3 rings (SSSR count). The number of carbonyl (C=O) groups excluding carboxylic acids is 1. The van der Waals surface area contributed by atoms with Gasteiger partial charge in [0.05, 0.1) is 17.9 Å². The summed E-state index contributed by atoms with van der Waals surface area (Å²) < 4.78 is 10.9. The van der Waals surface area contributed by atoms with E-state index in [4.69, 9.17) is 9.47 Å². The van der Waals surface area contributed by atoms with Crippen LogP contribution in [-0.2, 0) is 4.74 Å². The molecule has 0 saturated carbocycles. The second-order valence-electron chi connectivity index (χ2n) is 5.09. The van der Waals surface area contributed by atoms with Crippen molar-refractivity contribution < 1.29 is 14.3 Å². The van der Waals surface area contributed by atoms with E-state index < -0.39 is 0 Å². The summed E-state index contributed by atoms with van der Waals surface area (Å²) in [5.41, 5.74) is 2.31. The number of pyridine rings is 1. The first-order chi connectivity index (χ1) is 11.8. The zero-order chi connectivity index (χ0) is 16.8. The van der Waals surface area contributed by atoms with Crippen molar-refractivity contribution in [1.82, 2.24) is 4.98 Å². The second kappa shape index (κ2) is 7.42. The van der Waals surface area contributed by atoms with Crippen LogP contribution in [-0.4, -0.2) is 17.6 Å². The van der Waals surface area contributed by atoms with Crippen LogP contribution in [0.25, 0.3) is 11.3 Å². The van der Waals surface area contributed by atoms with Gasteiger partial charge in [-0.15, -0.1) is 0 Å². The highest BCUT2D eigenvalue weighted by atomic mass is 16.5. The Balaban J connectivity index is 1.82. The largest absolute Gasteiger partial charge is 0.462 e. The molecule has 0 saturated heterocycles. The van der Waals surface area contributed by atoms with Gasteiger partial charge >= 0.3 is 5.97 Å². The predicted octanol–water partition coefficient (Wildman–Crippen LogP) is 4.72. The molecule has 0 N–H and O–H groups in total. The zero-order valence-electron chi connectivity index (χ0n) is 13.3. The average molecular weight is 319 g/mol. The van der Waals surface area contributed by atoms with Gasteiger partial charge in [0.2, 0.25) is 0 Å². The van der Waals surface area contributed by atoms with Gasteiger partial charge < -0.3 is 9.47 Å². The molecule has 0 unspecified atom stereocenters. The molecule has 0 aliphatic heterocycles. The fourth-order valence-electron chi connectivity index (χ4n) is 2.28. The number of esters is 1. The fraction of sp³-hybridized carbons (Fsp3) is 0.100. The SMILES string of the molecule is CCOC(=O)c1cccc(Oc2ccnc(-c3ccccc3)c2)c1. The summed E-state index contributed by atoms with van der Waals surface area (Å²) in [6.07, 6.45) is 1.70. The van der Waals surface area contributed by atoms with E-state index in [0.717, 1.165) is 11.3 Å². The van der Waals surface area contributed by atoms with Crippen LogP contribution in [0.3, 0.4) is 0 Å². The van der Waals surface area contributed by atoms with Crippen molar-refractivity contribution in [1.29, 1.82) is 0 Å². The Bertz CT molecular complexity index is 831. The summed E-state index contributed by atoms with van der Waals surface area (Å²) in [5, 5.41) is 0. The van der Waals surface area contributed by atoms with E-state index in [1.807, 2.05) is 36.4 Å². The molecular weight excluding hydrogens is 302 g/mol. The van der Waals surface area contributed by atoms with Crippen LogP contribution in [0.2, 0.25) is 0 Å². The maximum atomic E-state index is 11.8. The van der Waals surface area contributed by atoms with E-state index in [1.54, 1.807) is 43.5 Å². The highest BCUT2D eigenvalue weighted by molar-refractivity contribution is 5.89. The molecule has 4 nitrogen and oxygen atoms in total. The number of rotatable bonds is 5. The number of carbonyl (C=O) groups is 1. The van der Waals surface area contributed by atoms with Gasteiger partial charge in [-0.3, -0.25) is 4.98 Å². The lowest BCUT2D eigenvalue weighted by molar-refractivity contribution is 0.0526. The molecule has 0 aliphatic rings. The maximum Gasteiger partial charge on any atom is 0.338 e. The summed E-state index contributed by atoms with van der Waals surface area (Å²) in [4.78, 5) is 16.2. The molecule has 1 heterocycles. The quantitative estimate of drug-likeness (QED) is 0.639. The third-order valence-corrected chi connectivity index (χ3v) is 3.38. The van der Waals surface area contributed by atoms with Crippen molar-refractivity contribution in [2.45, 2.75) is 6.92 Å². The summed E-state index contributed by atoms with van der Waals surface area (Å²) in [6.45, 7) is 2.12. The van der Waals surface area contributed by atoms with Crippen molar-refractivity contribution >= 4 is 5.97 Å². The van der Waals surface area contributed by atoms with Crippen LogP contribution in [0.15, 0.2) is 72.9 Å². The lowest BCUT2D eigenvalue weighted by Gasteiger charge is -2.09. The Labute approximate surface area is 140 Å². The Kier molecular flexibility index (Phi) is 4.87. The number of hydrogen-bond donors (Lipinski definition) is 0. The molecular formula is C20H17NO3. The maximum absolute atomic E-state index is 11.8. The normalized spacial score (nSPS) is 10.2. The number of nitrogens with zero attached hydrogens (tertiary/aromatic N) is 1. The summed E-state index contributed by atoms with van der Waals surface area (Å²) in [7, 11) is 0. The zero-order valence-corrected chi connectivity index (χ0v) is 13.3. The first-order valence-corrected chi connectivity index (χ1v) is 7.73. The van der Waals surface area contributed by atoms with Gasteiger partial charge in [-0.05, 0) is 31.2 Å². The van der Waals surface area contributed by atoms with Gasteiger partial charge in [-0.25, -0.2) is 4.79 Å².